The van der Waals surface area contributed by atoms with Crippen molar-refractivity contribution in [2.24, 2.45) is 17.6 Å². The predicted octanol–water partition coefficient (Wildman–Crippen LogP) is 0.755. The summed E-state index contributed by atoms with van der Waals surface area (Å²) in [4.78, 5) is 24.8. The molecular weight excluding hydrogens is 192 g/mol. The summed E-state index contributed by atoms with van der Waals surface area (Å²) in [7, 11) is 0. The Kier molecular flexibility index (Phi) is 3.85. The number of rotatable bonds is 4. The molecule has 0 bridgehead atoms. The van der Waals surface area contributed by atoms with Crippen LogP contribution in [0.1, 0.15) is 33.6 Å². The van der Waals surface area contributed by atoms with Crippen LogP contribution in [-0.2, 0) is 9.59 Å². The van der Waals surface area contributed by atoms with E-state index in [1.807, 2.05) is 0 Å². The van der Waals surface area contributed by atoms with Gasteiger partial charge in [-0.15, -0.1) is 0 Å². The lowest BCUT2D eigenvalue weighted by Gasteiger charge is -2.26. The van der Waals surface area contributed by atoms with Crippen molar-refractivity contribution < 1.29 is 9.59 Å². The van der Waals surface area contributed by atoms with Crippen molar-refractivity contribution in [2.75, 3.05) is 6.54 Å². The van der Waals surface area contributed by atoms with E-state index in [2.05, 4.69) is 13.8 Å². The second-order valence-electron chi connectivity index (χ2n) is 4.73. The van der Waals surface area contributed by atoms with E-state index in [4.69, 9.17) is 5.73 Å². The summed E-state index contributed by atoms with van der Waals surface area (Å²) in [5.41, 5.74) is 5.62. The Bertz CT molecular complexity index is 263. The first-order valence-corrected chi connectivity index (χ1v) is 5.53. The molecule has 1 fully saturated rings. The minimum absolute atomic E-state index is 0.0592. The molecule has 1 heterocycles. The highest BCUT2D eigenvalue weighted by Gasteiger charge is 2.39. The molecule has 2 N–H and O–H groups in total. The molecule has 0 saturated carbocycles. The van der Waals surface area contributed by atoms with Crippen LogP contribution in [0.25, 0.3) is 0 Å². The molecule has 4 heteroatoms. The first kappa shape index (κ1) is 12.2. The number of amides is 2. The fourth-order valence-electron chi connectivity index (χ4n) is 2.04. The van der Waals surface area contributed by atoms with E-state index in [0.29, 0.717) is 18.9 Å². The summed E-state index contributed by atoms with van der Waals surface area (Å²) in [6.45, 7) is 6.29. The van der Waals surface area contributed by atoms with E-state index in [-0.39, 0.29) is 23.8 Å². The molecule has 0 aromatic heterocycles. The van der Waals surface area contributed by atoms with Crippen LogP contribution in [0.2, 0.25) is 0 Å². The molecule has 86 valence electrons. The fraction of sp³-hybridized carbons (Fsp3) is 0.818. The Morgan fingerprint density at radius 1 is 1.47 bits per heavy atom. The van der Waals surface area contributed by atoms with Crippen LogP contribution in [0, 0.1) is 11.8 Å². The van der Waals surface area contributed by atoms with E-state index in [0.717, 1.165) is 6.42 Å². The molecule has 2 unspecified atom stereocenters. The van der Waals surface area contributed by atoms with Gasteiger partial charge in [-0.05, 0) is 12.3 Å². The molecule has 2 amide bonds. The van der Waals surface area contributed by atoms with E-state index in [1.54, 1.807) is 6.92 Å². The number of nitrogens with zero attached hydrogens (tertiary/aromatic N) is 1. The van der Waals surface area contributed by atoms with Crippen molar-refractivity contribution in [3.63, 3.8) is 0 Å². The zero-order valence-electron chi connectivity index (χ0n) is 9.69. The van der Waals surface area contributed by atoms with E-state index in [9.17, 15) is 9.59 Å². The monoisotopic (exact) mass is 212 g/mol. The molecule has 0 aliphatic carbocycles. The SMILES string of the molecule is CC(C)CC(CN)N1C(=O)CC(C)C1=O. The topological polar surface area (TPSA) is 63.4 Å². The lowest BCUT2D eigenvalue weighted by Crippen LogP contribution is -2.45. The van der Waals surface area contributed by atoms with Crippen molar-refractivity contribution in [1.29, 1.82) is 0 Å². The molecule has 0 spiro atoms. The summed E-state index contributed by atoms with van der Waals surface area (Å²) in [5.74, 6) is 0.147. The fourth-order valence-corrected chi connectivity index (χ4v) is 2.04. The number of imide groups is 1. The van der Waals surface area contributed by atoms with Gasteiger partial charge in [-0.25, -0.2) is 0 Å². The molecular formula is C11H20N2O2. The number of nitrogens with two attached hydrogens (primary N) is 1. The molecule has 15 heavy (non-hydrogen) atoms. The molecule has 1 rings (SSSR count). The summed E-state index contributed by atoms with van der Waals surface area (Å²) in [6, 6.07) is -0.116. The second-order valence-corrected chi connectivity index (χ2v) is 4.73. The van der Waals surface area contributed by atoms with E-state index in [1.165, 1.54) is 4.90 Å². The van der Waals surface area contributed by atoms with Crippen molar-refractivity contribution in [3.8, 4) is 0 Å². The van der Waals surface area contributed by atoms with Crippen LogP contribution in [0.5, 0.6) is 0 Å². The van der Waals surface area contributed by atoms with Gasteiger partial charge >= 0.3 is 0 Å². The van der Waals surface area contributed by atoms with Crippen LogP contribution in [0.15, 0.2) is 0 Å². The molecule has 1 aliphatic heterocycles. The van der Waals surface area contributed by atoms with Gasteiger partial charge in [0.25, 0.3) is 0 Å². The first-order valence-electron chi connectivity index (χ1n) is 5.53. The largest absolute Gasteiger partial charge is 0.328 e. The molecule has 2 atom stereocenters. The van der Waals surface area contributed by atoms with Crippen molar-refractivity contribution in [2.45, 2.75) is 39.7 Å². The van der Waals surface area contributed by atoms with E-state index < -0.39 is 0 Å². The van der Waals surface area contributed by atoms with Crippen molar-refractivity contribution in [3.05, 3.63) is 0 Å². The third-order valence-corrected chi connectivity index (χ3v) is 2.79. The maximum absolute atomic E-state index is 11.7. The van der Waals surface area contributed by atoms with E-state index >= 15 is 0 Å². The van der Waals surface area contributed by atoms with Gasteiger partial charge < -0.3 is 5.73 Å². The van der Waals surface area contributed by atoms with Gasteiger partial charge in [0.2, 0.25) is 11.8 Å². The Morgan fingerprint density at radius 3 is 2.40 bits per heavy atom. The zero-order chi connectivity index (χ0) is 11.6. The van der Waals surface area contributed by atoms with Crippen LogP contribution in [0.4, 0.5) is 0 Å². The summed E-state index contributed by atoms with van der Waals surface area (Å²) in [5, 5.41) is 0. The Labute approximate surface area is 90.8 Å². The Balaban J connectivity index is 2.75. The summed E-state index contributed by atoms with van der Waals surface area (Å²) >= 11 is 0. The maximum Gasteiger partial charge on any atom is 0.232 e. The smallest absolute Gasteiger partial charge is 0.232 e. The Hall–Kier alpha value is -0.900. The first-order chi connectivity index (χ1) is 6.97. The van der Waals surface area contributed by atoms with Crippen LogP contribution < -0.4 is 5.73 Å². The van der Waals surface area contributed by atoms with Gasteiger partial charge in [-0.1, -0.05) is 20.8 Å². The Morgan fingerprint density at radius 2 is 2.07 bits per heavy atom. The normalized spacial score (nSPS) is 24.1. The quantitative estimate of drug-likeness (QED) is 0.700. The summed E-state index contributed by atoms with van der Waals surface area (Å²) in [6.07, 6.45) is 1.13. The highest BCUT2D eigenvalue weighted by molar-refractivity contribution is 6.03. The third-order valence-electron chi connectivity index (χ3n) is 2.79. The number of carbonyl (C=O) groups excluding carboxylic acids is 2. The van der Waals surface area contributed by atoms with Gasteiger partial charge in [0, 0.05) is 18.9 Å². The number of hydrogen-bond acceptors (Lipinski definition) is 3. The lowest BCUT2D eigenvalue weighted by atomic mass is 10.0. The van der Waals surface area contributed by atoms with Crippen LogP contribution in [-0.4, -0.2) is 29.3 Å². The van der Waals surface area contributed by atoms with Crippen molar-refractivity contribution in [1.82, 2.24) is 4.90 Å². The lowest BCUT2D eigenvalue weighted by molar-refractivity contribution is -0.142. The number of likely N-dealkylation sites (tertiary alicyclic amines) is 1. The number of carbonyl (C=O) groups is 2. The van der Waals surface area contributed by atoms with Gasteiger partial charge in [0.15, 0.2) is 0 Å². The number of hydrogen-bond donors (Lipinski definition) is 1. The average molecular weight is 212 g/mol. The molecule has 1 saturated heterocycles. The van der Waals surface area contributed by atoms with Gasteiger partial charge in [-0.3, -0.25) is 14.5 Å². The second kappa shape index (κ2) is 4.75. The minimum atomic E-state index is -0.168. The molecule has 0 radical (unpaired) electrons. The van der Waals surface area contributed by atoms with Crippen LogP contribution >= 0.6 is 0 Å². The zero-order valence-corrected chi connectivity index (χ0v) is 9.69. The van der Waals surface area contributed by atoms with Gasteiger partial charge in [0.1, 0.15) is 0 Å². The third kappa shape index (κ3) is 2.56. The average Bonchev–Trinajstić information content (AvgIpc) is 2.38. The van der Waals surface area contributed by atoms with Crippen LogP contribution in [0.3, 0.4) is 0 Å². The molecule has 1 aliphatic rings. The predicted molar refractivity (Wildman–Crippen MR) is 57.9 cm³/mol. The summed E-state index contributed by atoms with van der Waals surface area (Å²) < 4.78 is 0. The minimum Gasteiger partial charge on any atom is -0.328 e. The molecule has 0 aromatic rings. The van der Waals surface area contributed by atoms with Gasteiger partial charge in [-0.2, -0.15) is 0 Å². The maximum atomic E-state index is 11.7. The molecule has 4 nitrogen and oxygen atoms in total. The highest BCUT2D eigenvalue weighted by atomic mass is 16.2. The highest BCUT2D eigenvalue weighted by Crippen LogP contribution is 2.23. The molecule has 0 aromatic carbocycles. The standard InChI is InChI=1S/C11H20N2O2/c1-7(2)4-9(6-12)13-10(14)5-8(3)11(13)15/h7-9H,4-6,12H2,1-3H3. The van der Waals surface area contributed by atoms with Crippen molar-refractivity contribution >= 4 is 11.8 Å². The van der Waals surface area contributed by atoms with Gasteiger partial charge in [0.05, 0.1) is 6.04 Å².